The van der Waals surface area contributed by atoms with Crippen LogP contribution in [-0.2, 0) is 4.79 Å². The first-order valence-corrected chi connectivity index (χ1v) is 8.09. The van der Waals surface area contributed by atoms with Crippen LogP contribution in [0.25, 0.3) is 0 Å². The molecule has 21 heavy (non-hydrogen) atoms. The van der Waals surface area contributed by atoms with Gasteiger partial charge >= 0.3 is 0 Å². The maximum absolute atomic E-state index is 11.9. The third-order valence-corrected chi connectivity index (χ3v) is 4.58. The van der Waals surface area contributed by atoms with E-state index in [-0.39, 0.29) is 5.91 Å². The zero-order valence-corrected chi connectivity index (χ0v) is 13.4. The van der Waals surface area contributed by atoms with E-state index in [1.165, 1.54) is 5.56 Å². The van der Waals surface area contributed by atoms with Gasteiger partial charge in [-0.25, -0.2) is 0 Å². The first-order valence-electron chi connectivity index (χ1n) is 8.09. The predicted octanol–water partition coefficient (Wildman–Crippen LogP) is 2.77. The zero-order chi connectivity index (χ0) is 15.2. The summed E-state index contributed by atoms with van der Waals surface area (Å²) in [6, 6.07) is 4.93. The summed E-state index contributed by atoms with van der Waals surface area (Å²) in [6.07, 6.45) is 6.44. The first kappa shape index (κ1) is 16.0. The third-order valence-electron chi connectivity index (χ3n) is 4.58. The maximum atomic E-state index is 11.9. The molecule has 0 spiro atoms. The average molecular weight is 289 g/mol. The highest BCUT2D eigenvalue weighted by Crippen LogP contribution is 2.23. The summed E-state index contributed by atoms with van der Waals surface area (Å²) in [6.45, 7) is 8.13. The Kier molecular flexibility index (Phi) is 5.74. The van der Waals surface area contributed by atoms with Gasteiger partial charge in [-0.2, -0.15) is 0 Å². The van der Waals surface area contributed by atoms with Crippen LogP contribution < -0.4 is 5.32 Å². The van der Waals surface area contributed by atoms with Crippen molar-refractivity contribution < 1.29 is 4.79 Å². The molecule has 0 radical (unpaired) electrons. The summed E-state index contributed by atoms with van der Waals surface area (Å²) < 4.78 is 0. The Hall–Kier alpha value is -1.42. The number of likely N-dealkylation sites (tertiary alicyclic amines) is 1. The van der Waals surface area contributed by atoms with Crippen molar-refractivity contribution in [2.75, 3.05) is 13.1 Å². The number of carbonyl (C=O) groups excluding carboxylic acids is 1. The summed E-state index contributed by atoms with van der Waals surface area (Å²) in [5.74, 6) is 0.826. The molecule has 3 atom stereocenters. The Balaban J connectivity index is 1.96. The van der Waals surface area contributed by atoms with Crippen molar-refractivity contribution in [3.8, 4) is 0 Å². The zero-order valence-electron chi connectivity index (χ0n) is 13.4. The Morgan fingerprint density at radius 1 is 1.43 bits per heavy atom. The lowest BCUT2D eigenvalue weighted by molar-refractivity contribution is -0.133. The van der Waals surface area contributed by atoms with Crippen molar-refractivity contribution in [1.82, 2.24) is 15.2 Å². The summed E-state index contributed by atoms with van der Waals surface area (Å²) in [4.78, 5) is 18.0. The maximum Gasteiger partial charge on any atom is 0.222 e. The van der Waals surface area contributed by atoms with E-state index in [0.29, 0.717) is 24.4 Å². The predicted molar refractivity (Wildman–Crippen MR) is 84.8 cm³/mol. The van der Waals surface area contributed by atoms with Crippen molar-refractivity contribution in [2.45, 2.75) is 52.1 Å². The molecule has 0 aromatic carbocycles. The molecule has 0 unspecified atom stereocenters. The van der Waals surface area contributed by atoms with E-state index in [2.05, 4.69) is 36.3 Å². The molecule has 1 amide bonds. The van der Waals surface area contributed by atoms with Gasteiger partial charge in [0.25, 0.3) is 0 Å². The summed E-state index contributed by atoms with van der Waals surface area (Å²) in [5.41, 5.74) is 1.27. The van der Waals surface area contributed by atoms with Gasteiger partial charge in [-0.15, -0.1) is 0 Å². The molecule has 4 nitrogen and oxygen atoms in total. The topological polar surface area (TPSA) is 45.2 Å². The molecule has 1 N–H and O–H groups in total. The molecule has 1 aromatic rings. The third kappa shape index (κ3) is 4.03. The van der Waals surface area contributed by atoms with Gasteiger partial charge in [-0.05, 0) is 37.0 Å². The van der Waals surface area contributed by atoms with Crippen LogP contribution in [0.5, 0.6) is 0 Å². The average Bonchev–Trinajstić information content (AvgIpc) is 2.55. The van der Waals surface area contributed by atoms with Gasteiger partial charge in [-0.3, -0.25) is 9.78 Å². The SMILES string of the molecule is CCC(=O)N1CC[C@H](N[C@H](C)c2ccncc2)[C@@H](CC)C1. The Morgan fingerprint density at radius 3 is 2.76 bits per heavy atom. The van der Waals surface area contributed by atoms with Gasteiger partial charge in [0.05, 0.1) is 0 Å². The highest BCUT2D eigenvalue weighted by atomic mass is 16.2. The van der Waals surface area contributed by atoms with E-state index in [1.807, 2.05) is 24.2 Å². The number of nitrogens with one attached hydrogen (secondary N) is 1. The highest BCUT2D eigenvalue weighted by molar-refractivity contribution is 5.75. The van der Waals surface area contributed by atoms with Crippen LogP contribution in [0.3, 0.4) is 0 Å². The number of piperidine rings is 1. The lowest BCUT2D eigenvalue weighted by Gasteiger charge is -2.40. The molecule has 0 saturated carbocycles. The second kappa shape index (κ2) is 7.55. The van der Waals surface area contributed by atoms with Crippen LogP contribution in [0.15, 0.2) is 24.5 Å². The van der Waals surface area contributed by atoms with Crippen LogP contribution in [0.4, 0.5) is 0 Å². The number of carbonyl (C=O) groups is 1. The van der Waals surface area contributed by atoms with Crippen molar-refractivity contribution in [3.63, 3.8) is 0 Å². The molecule has 1 aromatic heterocycles. The van der Waals surface area contributed by atoms with Gasteiger partial charge in [0.15, 0.2) is 0 Å². The van der Waals surface area contributed by atoms with Crippen molar-refractivity contribution in [1.29, 1.82) is 0 Å². The highest BCUT2D eigenvalue weighted by Gasteiger charge is 2.30. The van der Waals surface area contributed by atoms with Crippen molar-refractivity contribution in [2.24, 2.45) is 5.92 Å². The normalized spacial score (nSPS) is 23.9. The van der Waals surface area contributed by atoms with E-state index in [9.17, 15) is 4.79 Å². The Bertz CT molecular complexity index is 449. The molecule has 1 aliphatic rings. The fourth-order valence-corrected chi connectivity index (χ4v) is 3.18. The molecule has 0 bridgehead atoms. The number of hydrogen-bond donors (Lipinski definition) is 1. The summed E-state index contributed by atoms with van der Waals surface area (Å²) in [7, 11) is 0. The van der Waals surface area contributed by atoms with E-state index >= 15 is 0 Å². The monoisotopic (exact) mass is 289 g/mol. The minimum atomic E-state index is 0.286. The van der Waals surface area contributed by atoms with E-state index in [1.54, 1.807) is 0 Å². The molecule has 1 saturated heterocycles. The van der Waals surface area contributed by atoms with Gasteiger partial charge in [-0.1, -0.05) is 20.3 Å². The largest absolute Gasteiger partial charge is 0.342 e. The summed E-state index contributed by atoms with van der Waals surface area (Å²) in [5, 5.41) is 3.75. The van der Waals surface area contributed by atoms with Crippen molar-refractivity contribution >= 4 is 5.91 Å². The number of aromatic nitrogens is 1. The molecule has 2 heterocycles. The fourth-order valence-electron chi connectivity index (χ4n) is 3.18. The van der Waals surface area contributed by atoms with Crippen LogP contribution in [0.1, 0.15) is 51.6 Å². The van der Waals surface area contributed by atoms with E-state index in [0.717, 1.165) is 25.9 Å². The second-order valence-corrected chi connectivity index (χ2v) is 5.93. The number of nitrogens with zero attached hydrogens (tertiary/aromatic N) is 2. The number of pyridine rings is 1. The van der Waals surface area contributed by atoms with Crippen LogP contribution in [-0.4, -0.2) is 34.9 Å². The summed E-state index contributed by atoms with van der Waals surface area (Å²) >= 11 is 0. The minimum absolute atomic E-state index is 0.286. The van der Waals surface area contributed by atoms with Crippen LogP contribution >= 0.6 is 0 Å². The van der Waals surface area contributed by atoms with Crippen LogP contribution in [0, 0.1) is 5.92 Å². The fraction of sp³-hybridized carbons (Fsp3) is 0.647. The van der Waals surface area contributed by atoms with Crippen LogP contribution in [0.2, 0.25) is 0 Å². The van der Waals surface area contributed by atoms with Gasteiger partial charge in [0, 0.05) is 44.0 Å². The quantitative estimate of drug-likeness (QED) is 0.906. The van der Waals surface area contributed by atoms with Gasteiger partial charge in [0.1, 0.15) is 0 Å². The number of amides is 1. The molecule has 1 aliphatic heterocycles. The first-order chi connectivity index (χ1) is 10.2. The smallest absolute Gasteiger partial charge is 0.222 e. The molecule has 116 valence electrons. The molecule has 1 fully saturated rings. The lowest BCUT2D eigenvalue weighted by atomic mass is 9.88. The minimum Gasteiger partial charge on any atom is -0.342 e. The second-order valence-electron chi connectivity index (χ2n) is 5.93. The number of hydrogen-bond acceptors (Lipinski definition) is 3. The Morgan fingerprint density at radius 2 is 2.14 bits per heavy atom. The standard InChI is InChI=1S/C17H27N3O/c1-4-14-12-20(17(21)5-2)11-8-16(14)19-13(3)15-6-9-18-10-7-15/h6-7,9-10,13-14,16,19H,4-5,8,11-12H2,1-3H3/t13-,14+,16+/m1/s1. The molecule has 0 aliphatic carbocycles. The molecule has 4 heteroatoms. The van der Waals surface area contributed by atoms with E-state index in [4.69, 9.17) is 0 Å². The molecule has 2 rings (SSSR count). The van der Waals surface area contributed by atoms with Crippen molar-refractivity contribution in [3.05, 3.63) is 30.1 Å². The molecular weight excluding hydrogens is 262 g/mol. The number of rotatable bonds is 5. The van der Waals surface area contributed by atoms with E-state index < -0.39 is 0 Å². The van der Waals surface area contributed by atoms with Gasteiger partial charge < -0.3 is 10.2 Å². The lowest BCUT2D eigenvalue weighted by Crippen LogP contribution is -2.51. The van der Waals surface area contributed by atoms with Gasteiger partial charge in [0.2, 0.25) is 5.91 Å². The Labute approximate surface area is 127 Å². The molecular formula is C17H27N3O.